The third-order valence-electron chi connectivity index (χ3n) is 5.20. The van der Waals surface area contributed by atoms with E-state index in [0.29, 0.717) is 37.6 Å². The molecule has 1 fully saturated rings. The van der Waals surface area contributed by atoms with E-state index < -0.39 is 10.8 Å². The van der Waals surface area contributed by atoms with E-state index in [-0.39, 0.29) is 22.2 Å². The molecule has 0 radical (unpaired) electrons. The van der Waals surface area contributed by atoms with Crippen molar-refractivity contribution in [3.63, 3.8) is 0 Å². The Labute approximate surface area is 188 Å². The number of halogens is 1. The summed E-state index contributed by atoms with van der Waals surface area (Å²) >= 11 is 6.02. The maximum absolute atomic E-state index is 12.5. The first-order valence-electron chi connectivity index (χ1n) is 9.85. The van der Waals surface area contributed by atoms with Crippen LogP contribution in [0.1, 0.15) is 20.9 Å². The third-order valence-corrected chi connectivity index (χ3v) is 5.51. The number of nitro groups is 1. The van der Waals surface area contributed by atoms with Crippen molar-refractivity contribution in [1.29, 1.82) is 0 Å². The molecular formula is C22H19ClN4O5. The van der Waals surface area contributed by atoms with Crippen LogP contribution >= 0.6 is 11.6 Å². The molecule has 0 bridgehead atoms. The number of hydrogen-bond donors (Lipinski definition) is 1. The van der Waals surface area contributed by atoms with Crippen LogP contribution in [0.3, 0.4) is 0 Å². The van der Waals surface area contributed by atoms with Gasteiger partial charge >= 0.3 is 0 Å². The minimum Gasteiger partial charge on any atom is -0.459 e. The van der Waals surface area contributed by atoms with E-state index in [1.165, 1.54) is 18.4 Å². The van der Waals surface area contributed by atoms with Crippen LogP contribution in [0, 0.1) is 10.1 Å². The Balaban J connectivity index is 1.35. The quantitative estimate of drug-likeness (QED) is 0.460. The second-order valence-corrected chi connectivity index (χ2v) is 7.59. The molecule has 0 atom stereocenters. The van der Waals surface area contributed by atoms with Gasteiger partial charge in [-0.3, -0.25) is 19.7 Å². The zero-order valence-corrected chi connectivity index (χ0v) is 17.6. The zero-order chi connectivity index (χ0) is 22.7. The molecule has 2 aromatic carbocycles. The summed E-state index contributed by atoms with van der Waals surface area (Å²) in [7, 11) is 0. The van der Waals surface area contributed by atoms with Crippen molar-refractivity contribution in [3.8, 4) is 0 Å². The molecule has 32 heavy (non-hydrogen) atoms. The standard InChI is InChI=1S/C22H19ClN4O5/c23-19-14-17(27(30)31)7-8-18(19)21(28)24-15-3-5-16(6-4-15)25-9-11-26(12-10-25)22(29)20-2-1-13-32-20/h1-8,13-14H,9-12H2,(H,24,28). The summed E-state index contributed by atoms with van der Waals surface area (Å²) in [6, 6.07) is 14.4. The van der Waals surface area contributed by atoms with Crippen LogP contribution in [-0.2, 0) is 0 Å². The molecule has 1 N–H and O–H groups in total. The minimum atomic E-state index is -0.570. The average Bonchev–Trinajstić information content (AvgIpc) is 3.34. The molecule has 0 saturated carbocycles. The molecule has 0 spiro atoms. The summed E-state index contributed by atoms with van der Waals surface area (Å²) in [6.07, 6.45) is 1.49. The van der Waals surface area contributed by atoms with Crippen LogP contribution in [0.5, 0.6) is 0 Å². The van der Waals surface area contributed by atoms with Gasteiger partial charge in [-0.15, -0.1) is 0 Å². The molecule has 2 amide bonds. The topological polar surface area (TPSA) is 109 Å². The molecule has 0 aliphatic carbocycles. The third kappa shape index (κ3) is 4.57. The Kier molecular flexibility index (Phi) is 6.09. The molecule has 4 rings (SSSR count). The van der Waals surface area contributed by atoms with Crippen LogP contribution in [0.25, 0.3) is 0 Å². The van der Waals surface area contributed by atoms with E-state index in [4.69, 9.17) is 16.0 Å². The van der Waals surface area contributed by atoms with Crippen molar-refractivity contribution < 1.29 is 18.9 Å². The molecule has 164 valence electrons. The first kappa shape index (κ1) is 21.4. The summed E-state index contributed by atoms with van der Waals surface area (Å²) in [4.78, 5) is 39.0. The lowest BCUT2D eigenvalue weighted by Crippen LogP contribution is -2.48. The van der Waals surface area contributed by atoms with Gasteiger partial charge in [0, 0.05) is 49.7 Å². The van der Waals surface area contributed by atoms with Crippen molar-refractivity contribution in [2.75, 3.05) is 36.4 Å². The highest BCUT2D eigenvalue weighted by Gasteiger charge is 2.24. The Morgan fingerprint density at radius 2 is 1.75 bits per heavy atom. The lowest BCUT2D eigenvalue weighted by Gasteiger charge is -2.35. The van der Waals surface area contributed by atoms with Gasteiger partial charge in [0.2, 0.25) is 0 Å². The second kappa shape index (κ2) is 9.11. The number of carbonyl (C=O) groups excluding carboxylic acids is 2. The van der Waals surface area contributed by atoms with Gasteiger partial charge in [-0.1, -0.05) is 11.6 Å². The lowest BCUT2D eigenvalue weighted by atomic mass is 10.1. The van der Waals surface area contributed by atoms with E-state index >= 15 is 0 Å². The van der Waals surface area contributed by atoms with Crippen LogP contribution in [0.15, 0.2) is 65.3 Å². The van der Waals surface area contributed by atoms with E-state index in [0.717, 1.165) is 11.8 Å². The van der Waals surface area contributed by atoms with Crippen LogP contribution in [0.2, 0.25) is 5.02 Å². The smallest absolute Gasteiger partial charge is 0.289 e. The first-order chi connectivity index (χ1) is 15.4. The van der Waals surface area contributed by atoms with Gasteiger partial charge in [0.05, 0.1) is 21.8 Å². The Morgan fingerprint density at radius 1 is 1.03 bits per heavy atom. The number of piperazine rings is 1. The fourth-order valence-electron chi connectivity index (χ4n) is 3.48. The molecule has 1 aromatic heterocycles. The number of furan rings is 1. The van der Waals surface area contributed by atoms with Crippen molar-refractivity contribution in [3.05, 3.63) is 87.3 Å². The highest BCUT2D eigenvalue weighted by atomic mass is 35.5. The second-order valence-electron chi connectivity index (χ2n) is 7.18. The van der Waals surface area contributed by atoms with Gasteiger partial charge in [-0.25, -0.2) is 0 Å². The SMILES string of the molecule is O=C(Nc1ccc(N2CCN(C(=O)c3ccco3)CC2)cc1)c1ccc([N+](=O)[O-])cc1Cl. The summed E-state index contributed by atoms with van der Waals surface area (Å²) < 4.78 is 5.18. The van der Waals surface area contributed by atoms with Gasteiger partial charge in [-0.2, -0.15) is 0 Å². The normalized spacial score (nSPS) is 13.7. The predicted molar refractivity (Wildman–Crippen MR) is 119 cm³/mol. The summed E-state index contributed by atoms with van der Waals surface area (Å²) in [5.41, 5.74) is 1.52. The molecule has 3 aromatic rings. The van der Waals surface area contributed by atoms with Gasteiger partial charge in [0.25, 0.3) is 17.5 Å². The number of nitro benzene ring substituents is 1. The number of non-ortho nitro benzene ring substituents is 1. The van der Waals surface area contributed by atoms with E-state index in [2.05, 4.69) is 10.2 Å². The number of nitrogens with one attached hydrogen (secondary N) is 1. The maximum Gasteiger partial charge on any atom is 0.289 e. The number of hydrogen-bond acceptors (Lipinski definition) is 6. The number of carbonyl (C=O) groups is 2. The van der Waals surface area contributed by atoms with Gasteiger partial charge < -0.3 is 19.5 Å². The van der Waals surface area contributed by atoms with Crippen molar-refractivity contribution in [1.82, 2.24) is 4.90 Å². The van der Waals surface area contributed by atoms with Gasteiger partial charge in [0.1, 0.15) is 0 Å². The molecule has 9 nitrogen and oxygen atoms in total. The molecule has 0 unspecified atom stereocenters. The Hall–Kier alpha value is -3.85. The predicted octanol–water partition coefficient (Wildman–Crippen LogP) is 4.06. The first-order valence-corrected chi connectivity index (χ1v) is 10.2. The largest absolute Gasteiger partial charge is 0.459 e. The Bertz CT molecular complexity index is 1140. The fraction of sp³-hybridized carbons (Fsp3) is 0.182. The number of nitrogens with zero attached hydrogens (tertiary/aromatic N) is 3. The molecule has 1 saturated heterocycles. The fourth-order valence-corrected chi connectivity index (χ4v) is 3.74. The summed E-state index contributed by atoms with van der Waals surface area (Å²) in [5, 5.41) is 13.6. The molecular weight excluding hydrogens is 436 g/mol. The Morgan fingerprint density at radius 3 is 2.34 bits per heavy atom. The maximum atomic E-state index is 12.5. The number of rotatable bonds is 5. The molecule has 2 heterocycles. The van der Waals surface area contributed by atoms with Crippen LogP contribution < -0.4 is 10.2 Å². The molecule has 1 aliphatic rings. The van der Waals surface area contributed by atoms with E-state index in [1.807, 2.05) is 12.1 Å². The van der Waals surface area contributed by atoms with Crippen molar-refractivity contribution in [2.24, 2.45) is 0 Å². The van der Waals surface area contributed by atoms with Crippen molar-refractivity contribution >= 4 is 40.5 Å². The number of benzene rings is 2. The monoisotopic (exact) mass is 454 g/mol. The van der Waals surface area contributed by atoms with Gasteiger partial charge in [0.15, 0.2) is 5.76 Å². The lowest BCUT2D eigenvalue weighted by molar-refractivity contribution is -0.384. The minimum absolute atomic E-state index is 0.00952. The number of amides is 2. The van der Waals surface area contributed by atoms with E-state index in [9.17, 15) is 19.7 Å². The number of anilines is 2. The summed E-state index contributed by atoms with van der Waals surface area (Å²) in [5.74, 6) is -0.230. The van der Waals surface area contributed by atoms with Crippen LogP contribution in [0.4, 0.5) is 17.1 Å². The zero-order valence-electron chi connectivity index (χ0n) is 16.9. The molecule has 10 heteroatoms. The highest BCUT2D eigenvalue weighted by Crippen LogP contribution is 2.25. The molecule has 1 aliphatic heterocycles. The van der Waals surface area contributed by atoms with Crippen molar-refractivity contribution in [2.45, 2.75) is 0 Å². The highest BCUT2D eigenvalue weighted by molar-refractivity contribution is 6.34. The van der Waals surface area contributed by atoms with Gasteiger partial charge in [-0.05, 0) is 42.5 Å². The van der Waals surface area contributed by atoms with E-state index in [1.54, 1.807) is 29.2 Å². The van der Waals surface area contributed by atoms with Crippen LogP contribution in [-0.4, -0.2) is 47.8 Å². The summed E-state index contributed by atoms with van der Waals surface area (Å²) in [6.45, 7) is 2.51. The average molecular weight is 455 g/mol.